The van der Waals surface area contributed by atoms with E-state index in [0.29, 0.717) is 43.7 Å². The van der Waals surface area contributed by atoms with Crippen LogP contribution in [0.5, 0.6) is 0 Å². The number of alkyl halides is 3. The molecule has 1 aromatic carbocycles. The molecule has 32 heavy (non-hydrogen) atoms. The average Bonchev–Trinajstić information content (AvgIpc) is 3.45. The van der Waals surface area contributed by atoms with Crippen molar-refractivity contribution >= 4 is 11.7 Å². The number of likely N-dealkylation sites (tertiary alicyclic amines) is 1. The van der Waals surface area contributed by atoms with Crippen LogP contribution in [0.15, 0.2) is 36.7 Å². The Morgan fingerprint density at radius 1 is 1.16 bits per heavy atom. The molecule has 1 N–H and O–H groups in total. The van der Waals surface area contributed by atoms with E-state index in [4.69, 9.17) is 5.11 Å². The van der Waals surface area contributed by atoms with Crippen molar-refractivity contribution < 1.29 is 23.1 Å². The van der Waals surface area contributed by atoms with Gasteiger partial charge in [0.15, 0.2) is 0 Å². The fraction of sp³-hybridized carbons (Fsp3) is 0.455. The molecule has 7 nitrogen and oxygen atoms in total. The zero-order valence-electron chi connectivity index (χ0n) is 17.2. The highest BCUT2D eigenvalue weighted by Crippen LogP contribution is 2.48. The fourth-order valence-electron chi connectivity index (χ4n) is 5.14. The maximum atomic E-state index is 13.4. The van der Waals surface area contributed by atoms with Crippen molar-refractivity contribution in [1.29, 1.82) is 0 Å². The molecule has 0 spiro atoms. The summed E-state index contributed by atoms with van der Waals surface area (Å²) in [6, 6.07) is 5.81. The van der Waals surface area contributed by atoms with E-state index in [-0.39, 0.29) is 36.1 Å². The standard InChI is InChI=1S/C22H22F3N5O2/c23-22(24,25)18-4-2-1-3-17(18)14-7-15-11-29(12-16(15)8-14)20(32)19-27-21-26-9-13(5-6-31)10-30(21)28-19/h1-4,9-10,14-16,31H,5-8,11-12H2/t14?,15-,16?/m0/s1. The highest BCUT2D eigenvalue weighted by Gasteiger charge is 2.45. The quantitative estimate of drug-likeness (QED) is 0.668. The third-order valence-corrected chi connectivity index (χ3v) is 6.58. The number of carbonyl (C=O) groups is 1. The van der Waals surface area contributed by atoms with Gasteiger partial charge in [-0.15, -0.1) is 5.10 Å². The molecule has 2 aromatic heterocycles. The molecule has 3 aromatic rings. The first kappa shape index (κ1) is 20.9. The van der Waals surface area contributed by atoms with E-state index in [1.165, 1.54) is 10.6 Å². The number of carbonyl (C=O) groups excluding carboxylic acids is 1. The van der Waals surface area contributed by atoms with Gasteiger partial charge in [0.05, 0.1) is 5.56 Å². The Kier molecular flexibility index (Phi) is 5.11. The number of amides is 1. The second-order valence-corrected chi connectivity index (χ2v) is 8.60. The molecule has 0 bridgehead atoms. The smallest absolute Gasteiger partial charge is 0.396 e. The second-order valence-electron chi connectivity index (χ2n) is 8.60. The zero-order chi connectivity index (χ0) is 22.5. The largest absolute Gasteiger partial charge is 0.416 e. The van der Waals surface area contributed by atoms with Crippen LogP contribution in [-0.4, -0.2) is 55.2 Å². The average molecular weight is 445 g/mol. The first-order chi connectivity index (χ1) is 15.3. The lowest BCUT2D eigenvalue weighted by Crippen LogP contribution is -2.30. The number of halogens is 3. The van der Waals surface area contributed by atoms with Crippen molar-refractivity contribution in [2.45, 2.75) is 31.4 Å². The third kappa shape index (κ3) is 3.72. The molecule has 1 amide bonds. The van der Waals surface area contributed by atoms with Gasteiger partial charge in [0.2, 0.25) is 5.82 Å². The van der Waals surface area contributed by atoms with Gasteiger partial charge in [-0.2, -0.15) is 18.2 Å². The number of fused-ring (bicyclic) bond motifs is 2. The number of aliphatic hydroxyl groups excluding tert-OH is 1. The molecule has 2 aliphatic rings. The molecule has 2 fully saturated rings. The number of aromatic nitrogens is 4. The lowest BCUT2D eigenvalue weighted by atomic mass is 9.91. The van der Waals surface area contributed by atoms with Crippen LogP contribution in [0.2, 0.25) is 0 Å². The molecule has 1 aliphatic heterocycles. The molecule has 1 saturated heterocycles. The van der Waals surface area contributed by atoms with E-state index >= 15 is 0 Å². The Morgan fingerprint density at radius 2 is 1.88 bits per heavy atom. The van der Waals surface area contributed by atoms with Crippen LogP contribution >= 0.6 is 0 Å². The molecular formula is C22H22F3N5O2. The van der Waals surface area contributed by atoms with Crippen LogP contribution in [0.4, 0.5) is 13.2 Å². The van der Waals surface area contributed by atoms with Gasteiger partial charge in [0.1, 0.15) is 0 Å². The van der Waals surface area contributed by atoms with E-state index < -0.39 is 11.7 Å². The van der Waals surface area contributed by atoms with Crippen molar-refractivity contribution in [3.05, 3.63) is 59.2 Å². The van der Waals surface area contributed by atoms with Crippen molar-refractivity contribution in [1.82, 2.24) is 24.5 Å². The minimum atomic E-state index is -4.36. The van der Waals surface area contributed by atoms with Crippen molar-refractivity contribution in [2.24, 2.45) is 11.8 Å². The topological polar surface area (TPSA) is 83.6 Å². The number of rotatable bonds is 4. The predicted octanol–water partition coefficient (Wildman–Crippen LogP) is 2.94. The predicted molar refractivity (Wildman–Crippen MR) is 108 cm³/mol. The molecule has 10 heteroatoms. The monoisotopic (exact) mass is 445 g/mol. The van der Waals surface area contributed by atoms with Gasteiger partial charge in [0.25, 0.3) is 11.7 Å². The molecule has 0 radical (unpaired) electrons. The third-order valence-electron chi connectivity index (χ3n) is 6.58. The summed E-state index contributed by atoms with van der Waals surface area (Å²) in [6.07, 6.45) is 0.603. The summed E-state index contributed by atoms with van der Waals surface area (Å²) in [5, 5.41) is 13.3. The summed E-state index contributed by atoms with van der Waals surface area (Å²) in [6.45, 7) is 0.971. The minimum absolute atomic E-state index is 0.0152. The molecule has 2 unspecified atom stereocenters. The molecule has 3 heterocycles. The molecule has 5 rings (SSSR count). The number of nitrogens with zero attached hydrogens (tertiary/aromatic N) is 5. The summed E-state index contributed by atoms with van der Waals surface area (Å²) >= 11 is 0. The van der Waals surface area contributed by atoms with Crippen LogP contribution in [0.1, 0.15) is 46.1 Å². The van der Waals surface area contributed by atoms with Crippen LogP contribution < -0.4 is 0 Å². The second kappa shape index (κ2) is 7.84. The van der Waals surface area contributed by atoms with Gasteiger partial charge in [-0.05, 0) is 54.2 Å². The van der Waals surface area contributed by atoms with Gasteiger partial charge in [-0.25, -0.2) is 9.50 Å². The molecule has 3 atom stereocenters. The first-order valence-corrected chi connectivity index (χ1v) is 10.6. The Labute approximate surface area is 181 Å². The number of benzene rings is 1. The minimum Gasteiger partial charge on any atom is -0.396 e. The Balaban J connectivity index is 1.29. The summed E-state index contributed by atoms with van der Waals surface area (Å²) in [5.41, 5.74) is 0.587. The van der Waals surface area contributed by atoms with Crippen LogP contribution in [0.25, 0.3) is 5.78 Å². The molecule has 1 aliphatic carbocycles. The molecule has 168 valence electrons. The van der Waals surface area contributed by atoms with E-state index in [9.17, 15) is 18.0 Å². The van der Waals surface area contributed by atoms with Gasteiger partial charge in [-0.3, -0.25) is 4.79 Å². The van der Waals surface area contributed by atoms with Crippen LogP contribution in [0.3, 0.4) is 0 Å². The zero-order valence-corrected chi connectivity index (χ0v) is 17.2. The fourth-order valence-corrected chi connectivity index (χ4v) is 5.14. The Morgan fingerprint density at radius 3 is 2.56 bits per heavy atom. The SMILES string of the molecule is O=C(c1nc2ncc(CCO)cn2n1)N1CC2CC(c3ccccc3C(F)(F)F)C[C@H]2C1. The number of hydrogen-bond donors (Lipinski definition) is 1. The van der Waals surface area contributed by atoms with Gasteiger partial charge < -0.3 is 10.0 Å². The van der Waals surface area contributed by atoms with Crippen LogP contribution in [0, 0.1) is 11.8 Å². The number of hydrogen-bond acceptors (Lipinski definition) is 5. The highest BCUT2D eigenvalue weighted by molar-refractivity contribution is 5.91. The van der Waals surface area contributed by atoms with Gasteiger partial charge in [0, 0.05) is 32.1 Å². The lowest BCUT2D eigenvalue weighted by molar-refractivity contribution is -0.138. The summed E-state index contributed by atoms with van der Waals surface area (Å²) in [4.78, 5) is 23.1. The van der Waals surface area contributed by atoms with Crippen molar-refractivity contribution in [2.75, 3.05) is 19.7 Å². The Bertz CT molecular complexity index is 1150. The molecule has 1 saturated carbocycles. The summed E-state index contributed by atoms with van der Waals surface area (Å²) < 4.78 is 41.7. The maximum absolute atomic E-state index is 13.4. The Hall–Kier alpha value is -3.01. The van der Waals surface area contributed by atoms with E-state index in [0.717, 1.165) is 11.6 Å². The van der Waals surface area contributed by atoms with Crippen molar-refractivity contribution in [3.63, 3.8) is 0 Å². The normalized spacial score (nSPS) is 23.1. The van der Waals surface area contributed by atoms with E-state index in [1.807, 2.05) is 0 Å². The van der Waals surface area contributed by atoms with E-state index in [1.54, 1.807) is 29.4 Å². The summed E-state index contributed by atoms with van der Waals surface area (Å²) in [7, 11) is 0. The lowest BCUT2D eigenvalue weighted by Gasteiger charge is -2.21. The van der Waals surface area contributed by atoms with Crippen molar-refractivity contribution in [3.8, 4) is 0 Å². The van der Waals surface area contributed by atoms with E-state index in [2.05, 4.69) is 15.1 Å². The van der Waals surface area contributed by atoms with Gasteiger partial charge >= 0.3 is 6.18 Å². The summed E-state index contributed by atoms with van der Waals surface area (Å²) in [5.74, 6) is 0.243. The number of aliphatic hydroxyl groups is 1. The maximum Gasteiger partial charge on any atom is 0.416 e. The highest BCUT2D eigenvalue weighted by atomic mass is 19.4. The van der Waals surface area contributed by atoms with Gasteiger partial charge in [-0.1, -0.05) is 18.2 Å². The molecular weight excluding hydrogens is 423 g/mol. The van der Waals surface area contributed by atoms with Crippen LogP contribution in [-0.2, 0) is 12.6 Å². The first-order valence-electron chi connectivity index (χ1n) is 10.6.